The third-order valence-electron chi connectivity index (χ3n) is 3.99. The van der Waals surface area contributed by atoms with E-state index >= 15 is 0 Å². The fourth-order valence-corrected chi connectivity index (χ4v) is 2.83. The van der Waals surface area contributed by atoms with Gasteiger partial charge in [0.25, 0.3) is 0 Å². The van der Waals surface area contributed by atoms with Crippen molar-refractivity contribution in [3.8, 4) is 0 Å². The summed E-state index contributed by atoms with van der Waals surface area (Å²) in [6, 6.07) is 2.53. The van der Waals surface area contributed by atoms with Crippen LogP contribution >= 0.6 is 0 Å². The molecule has 0 atom stereocenters. The molecule has 0 saturated heterocycles. The molecule has 0 radical (unpaired) electrons. The SMILES string of the molecule is CCN(C(=O)Nc1ccn(C(C)C)n1)C1CCCCC1. The van der Waals surface area contributed by atoms with Gasteiger partial charge in [0.2, 0.25) is 0 Å². The maximum Gasteiger partial charge on any atom is 0.323 e. The van der Waals surface area contributed by atoms with E-state index in [2.05, 4.69) is 24.3 Å². The molecule has 1 N–H and O–H groups in total. The quantitative estimate of drug-likeness (QED) is 0.914. The minimum Gasteiger partial charge on any atom is -0.322 e. The van der Waals surface area contributed by atoms with Crippen LogP contribution in [0.5, 0.6) is 0 Å². The predicted octanol–water partition coefficient (Wildman–Crippen LogP) is 3.65. The van der Waals surface area contributed by atoms with Crippen LogP contribution < -0.4 is 5.32 Å². The third kappa shape index (κ3) is 3.52. The Bertz CT molecular complexity index is 435. The number of amides is 2. The zero-order valence-corrected chi connectivity index (χ0v) is 12.8. The zero-order chi connectivity index (χ0) is 14.5. The molecule has 1 aromatic heterocycles. The Morgan fingerprint density at radius 2 is 2.15 bits per heavy atom. The summed E-state index contributed by atoms with van der Waals surface area (Å²) >= 11 is 0. The van der Waals surface area contributed by atoms with Gasteiger partial charge in [-0.1, -0.05) is 19.3 Å². The van der Waals surface area contributed by atoms with E-state index in [4.69, 9.17) is 0 Å². The summed E-state index contributed by atoms with van der Waals surface area (Å²) in [5.74, 6) is 0.637. The topological polar surface area (TPSA) is 50.2 Å². The van der Waals surface area contributed by atoms with Gasteiger partial charge in [0, 0.05) is 30.9 Å². The lowest BCUT2D eigenvalue weighted by atomic mass is 9.94. The first kappa shape index (κ1) is 14.9. The van der Waals surface area contributed by atoms with E-state index in [-0.39, 0.29) is 6.03 Å². The highest BCUT2D eigenvalue weighted by molar-refractivity contribution is 5.88. The van der Waals surface area contributed by atoms with Crippen molar-refractivity contribution < 1.29 is 4.79 Å². The summed E-state index contributed by atoms with van der Waals surface area (Å²) in [6.45, 7) is 6.93. The highest BCUT2D eigenvalue weighted by Crippen LogP contribution is 2.23. The van der Waals surface area contributed by atoms with Crippen molar-refractivity contribution in [1.29, 1.82) is 0 Å². The number of hydrogen-bond acceptors (Lipinski definition) is 2. The monoisotopic (exact) mass is 278 g/mol. The maximum absolute atomic E-state index is 12.4. The van der Waals surface area contributed by atoms with Gasteiger partial charge in [-0.2, -0.15) is 5.10 Å². The Morgan fingerprint density at radius 3 is 2.70 bits per heavy atom. The Hall–Kier alpha value is -1.52. The summed E-state index contributed by atoms with van der Waals surface area (Å²) in [5.41, 5.74) is 0. The van der Waals surface area contributed by atoms with Crippen molar-refractivity contribution in [2.45, 2.75) is 65.0 Å². The van der Waals surface area contributed by atoms with Crippen LogP contribution in [0, 0.1) is 0 Å². The van der Waals surface area contributed by atoms with Crippen LogP contribution in [0.3, 0.4) is 0 Å². The van der Waals surface area contributed by atoms with Crippen molar-refractivity contribution in [1.82, 2.24) is 14.7 Å². The molecular weight excluding hydrogens is 252 g/mol. The summed E-state index contributed by atoms with van der Waals surface area (Å²) in [4.78, 5) is 14.3. The first-order chi connectivity index (χ1) is 9.61. The van der Waals surface area contributed by atoms with Gasteiger partial charge in [0.05, 0.1) is 0 Å². The number of nitrogens with one attached hydrogen (secondary N) is 1. The van der Waals surface area contributed by atoms with Crippen molar-refractivity contribution in [3.63, 3.8) is 0 Å². The molecule has 2 amide bonds. The third-order valence-corrected chi connectivity index (χ3v) is 3.99. The Kier molecular flexibility index (Phi) is 5.04. The fourth-order valence-electron chi connectivity index (χ4n) is 2.83. The molecule has 1 aliphatic carbocycles. The van der Waals surface area contributed by atoms with Gasteiger partial charge in [0.15, 0.2) is 5.82 Å². The Morgan fingerprint density at radius 1 is 1.45 bits per heavy atom. The minimum absolute atomic E-state index is 0.0200. The molecule has 0 aromatic carbocycles. The average Bonchev–Trinajstić information content (AvgIpc) is 2.89. The Labute approximate surface area is 121 Å². The van der Waals surface area contributed by atoms with Crippen LogP contribution in [0.25, 0.3) is 0 Å². The number of carbonyl (C=O) groups excluding carboxylic acids is 1. The molecule has 20 heavy (non-hydrogen) atoms. The molecule has 0 unspecified atom stereocenters. The van der Waals surface area contributed by atoms with Gasteiger partial charge in [-0.25, -0.2) is 4.79 Å². The highest BCUT2D eigenvalue weighted by Gasteiger charge is 2.24. The standard InChI is InChI=1S/C15H26N4O/c1-4-18(13-8-6-5-7-9-13)15(20)16-14-10-11-19(17-14)12(2)3/h10-13H,4-9H2,1-3H3,(H,16,17,20). The molecule has 1 fully saturated rings. The molecule has 0 spiro atoms. The summed E-state index contributed by atoms with van der Waals surface area (Å²) < 4.78 is 1.85. The van der Waals surface area contributed by atoms with Gasteiger partial charge < -0.3 is 4.90 Å². The smallest absolute Gasteiger partial charge is 0.322 e. The van der Waals surface area contributed by atoms with Crippen LogP contribution in [0.1, 0.15) is 58.9 Å². The second kappa shape index (κ2) is 6.77. The van der Waals surface area contributed by atoms with E-state index < -0.39 is 0 Å². The van der Waals surface area contributed by atoms with E-state index in [1.54, 1.807) is 0 Å². The molecule has 5 heteroatoms. The molecule has 1 aliphatic rings. The molecular formula is C15H26N4O. The number of nitrogens with zero attached hydrogens (tertiary/aromatic N) is 3. The number of hydrogen-bond donors (Lipinski definition) is 1. The van der Waals surface area contributed by atoms with Gasteiger partial charge in [-0.05, 0) is 33.6 Å². The summed E-state index contributed by atoms with van der Waals surface area (Å²) in [5, 5.41) is 7.29. The molecule has 1 aromatic rings. The first-order valence-corrected chi connectivity index (χ1v) is 7.74. The van der Waals surface area contributed by atoms with Crippen LogP contribution in [-0.2, 0) is 0 Å². The van der Waals surface area contributed by atoms with Crippen LogP contribution in [-0.4, -0.2) is 33.3 Å². The summed E-state index contributed by atoms with van der Waals surface area (Å²) in [6.07, 6.45) is 7.92. The molecule has 1 saturated carbocycles. The van der Waals surface area contributed by atoms with Gasteiger partial charge >= 0.3 is 6.03 Å². The van der Waals surface area contributed by atoms with Crippen LogP contribution in [0.2, 0.25) is 0 Å². The van der Waals surface area contributed by atoms with E-state index in [1.165, 1.54) is 19.3 Å². The molecule has 5 nitrogen and oxygen atoms in total. The molecule has 2 rings (SSSR count). The van der Waals surface area contributed by atoms with E-state index in [0.717, 1.165) is 19.4 Å². The van der Waals surface area contributed by atoms with Crippen LogP contribution in [0.15, 0.2) is 12.3 Å². The van der Waals surface area contributed by atoms with Gasteiger partial charge in [0.1, 0.15) is 0 Å². The maximum atomic E-state index is 12.4. The van der Waals surface area contributed by atoms with Crippen LogP contribution in [0.4, 0.5) is 10.6 Å². The average molecular weight is 278 g/mol. The number of aromatic nitrogens is 2. The largest absolute Gasteiger partial charge is 0.323 e. The number of anilines is 1. The second-order valence-corrected chi connectivity index (χ2v) is 5.78. The molecule has 1 heterocycles. The van der Waals surface area contributed by atoms with Gasteiger partial charge in [-0.3, -0.25) is 10.00 Å². The van der Waals surface area contributed by atoms with Crippen molar-refractivity contribution in [2.75, 3.05) is 11.9 Å². The Balaban J connectivity index is 1.97. The zero-order valence-electron chi connectivity index (χ0n) is 12.8. The molecule has 0 aliphatic heterocycles. The number of carbonyl (C=O) groups is 1. The highest BCUT2D eigenvalue weighted by atomic mass is 16.2. The summed E-state index contributed by atoms with van der Waals surface area (Å²) in [7, 11) is 0. The minimum atomic E-state index is -0.0200. The number of urea groups is 1. The van der Waals surface area contributed by atoms with Gasteiger partial charge in [-0.15, -0.1) is 0 Å². The van der Waals surface area contributed by atoms with Crippen molar-refractivity contribution in [3.05, 3.63) is 12.3 Å². The fraction of sp³-hybridized carbons (Fsp3) is 0.733. The van der Waals surface area contributed by atoms with E-state index in [1.807, 2.05) is 28.8 Å². The molecule has 0 bridgehead atoms. The lowest BCUT2D eigenvalue weighted by Crippen LogP contribution is -2.43. The number of rotatable bonds is 4. The lowest BCUT2D eigenvalue weighted by Gasteiger charge is -2.33. The second-order valence-electron chi connectivity index (χ2n) is 5.78. The van der Waals surface area contributed by atoms with E-state index in [9.17, 15) is 4.79 Å². The normalized spacial score (nSPS) is 16.4. The first-order valence-electron chi connectivity index (χ1n) is 7.74. The lowest BCUT2D eigenvalue weighted by molar-refractivity contribution is 0.172. The van der Waals surface area contributed by atoms with E-state index in [0.29, 0.717) is 17.9 Å². The van der Waals surface area contributed by atoms with Crippen molar-refractivity contribution >= 4 is 11.8 Å². The molecule has 112 valence electrons. The predicted molar refractivity (Wildman–Crippen MR) is 80.9 cm³/mol. The van der Waals surface area contributed by atoms with Crippen molar-refractivity contribution in [2.24, 2.45) is 0 Å².